The van der Waals surface area contributed by atoms with Gasteiger partial charge in [0.05, 0.1) is 11.4 Å². The van der Waals surface area contributed by atoms with Gasteiger partial charge in [-0.3, -0.25) is 14.5 Å². The number of rotatable bonds is 4. The Hall–Kier alpha value is -2.61. The summed E-state index contributed by atoms with van der Waals surface area (Å²) in [7, 11) is 1.88. The van der Waals surface area contributed by atoms with Crippen LogP contribution in [0.3, 0.4) is 0 Å². The summed E-state index contributed by atoms with van der Waals surface area (Å²) in [6.07, 6.45) is 5.25. The number of carbonyl (C=O) groups excluding carboxylic acids is 1. The third-order valence-corrected chi connectivity index (χ3v) is 4.05. The second-order valence-corrected chi connectivity index (χ2v) is 5.55. The molecule has 1 N–H and O–H groups in total. The summed E-state index contributed by atoms with van der Waals surface area (Å²) in [6, 6.07) is 3.91. The van der Waals surface area contributed by atoms with Gasteiger partial charge in [-0.15, -0.1) is 5.10 Å². The number of hydrogen-bond acceptors (Lipinski definition) is 6. The van der Waals surface area contributed by atoms with Crippen LogP contribution in [0.1, 0.15) is 20.9 Å². The number of carbonyl (C=O) groups is 1. The number of aryl methyl sites for hydroxylation is 2. The quantitative estimate of drug-likeness (QED) is 0.790. The number of nitrogens with zero attached hydrogens (tertiary/aromatic N) is 5. The molecule has 0 unspecified atom stereocenters. The summed E-state index contributed by atoms with van der Waals surface area (Å²) < 4.78 is 5.55. The summed E-state index contributed by atoms with van der Waals surface area (Å²) in [6.45, 7) is 2.16. The van der Waals surface area contributed by atoms with Crippen LogP contribution in [0.15, 0.2) is 30.7 Å². The predicted molar refractivity (Wildman–Crippen MR) is 82.3 cm³/mol. The van der Waals surface area contributed by atoms with Gasteiger partial charge in [0, 0.05) is 37.7 Å². The molecule has 8 heteroatoms. The van der Waals surface area contributed by atoms with E-state index in [0.717, 1.165) is 28.4 Å². The van der Waals surface area contributed by atoms with E-state index in [0.29, 0.717) is 17.1 Å². The topological polar surface area (TPSA) is 85.6 Å². The molecule has 0 atom stereocenters. The van der Waals surface area contributed by atoms with Gasteiger partial charge >= 0.3 is 0 Å². The fourth-order valence-electron chi connectivity index (χ4n) is 2.08. The van der Waals surface area contributed by atoms with E-state index in [9.17, 15) is 4.79 Å². The Morgan fingerprint density at radius 1 is 1.41 bits per heavy atom. The van der Waals surface area contributed by atoms with E-state index in [1.807, 2.05) is 19.2 Å². The molecular formula is C14H14N6OS. The van der Waals surface area contributed by atoms with Crippen molar-refractivity contribution in [2.45, 2.75) is 13.5 Å². The van der Waals surface area contributed by atoms with Crippen LogP contribution < -0.4 is 5.32 Å². The van der Waals surface area contributed by atoms with Gasteiger partial charge in [-0.1, -0.05) is 4.49 Å². The zero-order chi connectivity index (χ0) is 15.5. The molecule has 0 bridgehead atoms. The molecule has 112 valence electrons. The van der Waals surface area contributed by atoms with Crippen LogP contribution in [-0.2, 0) is 13.6 Å². The maximum absolute atomic E-state index is 12.1. The first-order valence-electron chi connectivity index (χ1n) is 6.64. The SMILES string of the molecule is Cc1nnsc1C(=O)NCc1cncc(-c2ccnn2C)c1. The summed E-state index contributed by atoms with van der Waals surface area (Å²) in [5.74, 6) is -0.168. The fourth-order valence-corrected chi connectivity index (χ4v) is 2.66. The van der Waals surface area contributed by atoms with Crippen LogP contribution in [0.25, 0.3) is 11.3 Å². The Morgan fingerprint density at radius 3 is 2.95 bits per heavy atom. The highest BCUT2D eigenvalue weighted by Gasteiger charge is 2.13. The molecule has 0 aliphatic rings. The fraction of sp³-hybridized carbons (Fsp3) is 0.214. The smallest absolute Gasteiger partial charge is 0.265 e. The molecule has 0 aliphatic carbocycles. The Bertz CT molecular complexity index is 809. The van der Waals surface area contributed by atoms with Crippen LogP contribution in [0.2, 0.25) is 0 Å². The molecule has 0 radical (unpaired) electrons. The maximum Gasteiger partial charge on any atom is 0.265 e. The first-order valence-corrected chi connectivity index (χ1v) is 7.42. The van der Waals surface area contributed by atoms with Gasteiger partial charge in [-0.2, -0.15) is 5.10 Å². The lowest BCUT2D eigenvalue weighted by atomic mass is 10.1. The van der Waals surface area contributed by atoms with Crippen molar-refractivity contribution in [2.24, 2.45) is 7.05 Å². The van der Waals surface area contributed by atoms with Crippen molar-refractivity contribution < 1.29 is 4.79 Å². The van der Waals surface area contributed by atoms with Crippen LogP contribution in [0.4, 0.5) is 0 Å². The maximum atomic E-state index is 12.1. The van der Waals surface area contributed by atoms with Crippen molar-refractivity contribution in [1.29, 1.82) is 0 Å². The van der Waals surface area contributed by atoms with Crippen molar-refractivity contribution in [3.05, 3.63) is 46.9 Å². The largest absolute Gasteiger partial charge is 0.347 e. The lowest BCUT2D eigenvalue weighted by molar-refractivity contribution is 0.0954. The standard InChI is InChI=1S/C14H14N6OS/c1-9-13(22-19-18-9)14(21)16-7-10-5-11(8-15-6-10)12-3-4-17-20(12)2/h3-6,8H,7H2,1-2H3,(H,16,21). The average molecular weight is 314 g/mol. The number of aromatic nitrogens is 5. The van der Waals surface area contributed by atoms with E-state index >= 15 is 0 Å². The van der Waals surface area contributed by atoms with Crippen molar-refractivity contribution in [3.63, 3.8) is 0 Å². The van der Waals surface area contributed by atoms with Gasteiger partial charge < -0.3 is 5.32 Å². The zero-order valence-electron chi connectivity index (χ0n) is 12.1. The predicted octanol–water partition coefficient (Wildman–Crippen LogP) is 1.57. The van der Waals surface area contributed by atoms with Crippen LogP contribution >= 0.6 is 11.5 Å². The Labute approximate surface area is 131 Å². The average Bonchev–Trinajstić information content (AvgIpc) is 3.13. The Balaban J connectivity index is 1.73. The highest BCUT2D eigenvalue weighted by Crippen LogP contribution is 2.18. The molecule has 0 spiro atoms. The second-order valence-electron chi connectivity index (χ2n) is 4.79. The molecule has 7 nitrogen and oxygen atoms in total. The molecule has 3 rings (SSSR count). The third-order valence-electron chi connectivity index (χ3n) is 3.22. The number of pyridine rings is 1. The molecule has 3 heterocycles. The van der Waals surface area contributed by atoms with E-state index < -0.39 is 0 Å². The monoisotopic (exact) mass is 314 g/mol. The van der Waals surface area contributed by atoms with Gasteiger partial charge in [-0.05, 0) is 36.2 Å². The van der Waals surface area contributed by atoms with Gasteiger partial charge in [-0.25, -0.2) is 0 Å². The first-order chi connectivity index (χ1) is 10.6. The molecule has 3 aromatic rings. The number of nitrogens with one attached hydrogen (secondary N) is 1. The minimum absolute atomic E-state index is 0.168. The Morgan fingerprint density at radius 2 is 2.27 bits per heavy atom. The number of hydrogen-bond donors (Lipinski definition) is 1. The van der Waals surface area contributed by atoms with Crippen molar-refractivity contribution >= 4 is 17.4 Å². The van der Waals surface area contributed by atoms with Gasteiger partial charge in [0.2, 0.25) is 0 Å². The van der Waals surface area contributed by atoms with Crippen molar-refractivity contribution in [1.82, 2.24) is 29.7 Å². The van der Waals surface area contributed by atoms with Crippen LogP contribution in [0.5, 0.6) is 0 Å². The minimum atomic E-state index is -0.168. The van der Waals surface area contributed by atoms with Crippen LogP contribution in [0, 0.1) is 6.92 Å². The van der Waals surface area contributed by atoms with E-state index in [1.54, 1.807) is 30.2 Å². The third kappa shape index (κ3) is 2.86. The van der Waals surface area contributed by atoms with E-state index in [4.69, 9.17) is 0 Å². The normalized spacial score (nSPS) is 10.6. The van der Waals surface area contributed by atoms with Crippen LogP contribution in [-0.4, -0.2) is 30.3 Å². The molecule has 0 aliphatic heterocycles. The highest BCUT2D eigenvalue weighted by molar-refractivity contribution is 7.07. The summed E-state index contributed by atoms with van der Waals surface area (Å²) >= 11 is 1.10. The van der Waals surface area contributed by atoms with E-state index in [2.05, 4.69) is 25.0 Å². The van der Waals surface area contributed by atoms with Gasteiger partial charge in [0.1, 0.15) is 4.88 Å². The molecular weight excluding hydrogens is 300 g/mol. The molecule has 1 amide bonds. The van der Waals surface area contributed by atoms with Crippen molar-refractivity contribution in [2.75, 3.05) is 0 Å². The number of amides is 1. The summed E-state index contributed by atoms with van der Waals surface area (Å²) in [5, 5.41) is 10.8. The molecule has 0 aromatic carbocycles. The molecule has 0 saturated carbocycles. The van der Waals surface area contributed by atoms with E-state index in [-0.39, 0.29) is 5.91 Å². The second kappa shape index (κ2) is 6.02. The first kappa shape index (κ1) is 14.3. The molecule has 0 fully saturated rings. The zero-order valence-corrected chi connectivity index (χ0v) is 13.0. The van der Waals surface area contributed by atoms with E-state index in [1.165, 1.54) is 0 Å². The van der Waals surface area contributed by atoms with Gasteiger partial charge in [0.25, 0.3) is 5.91 Å². The molecule has 22 heavy (non-hydrogen) atoms. The summed E-state index contributed by atoms with van der Waals surface area (Å²) in [4.78, 5) is 16.8. The summed E-state index contributed by atoms with van der Waals surface area (Å²) in [5.41, 5.74) is 3.50. The molecule has 0 saturated heterocycles. The minimum Gasteiger partial charge on any atom is -0.347 e. The lowest BCUT2D eigenvalue weighted by Crippen LogP contribution is -2.22. The highest BCUT2D eigenvalue weighted by atomic mass is 32.1. The van der Waals surface area contributed by atoms with Crippen molar-refractivity contribution in [3.8, 4) is 11.3 Å². The molecule has 3 aromatic heterocycles. The Kier molecular flexibility index (Phi) is 3.92. The lowest BCUT2D eigenvalue weighted by Gasteiger charge is -2.06. The van der Waals surface area contributed by atoms with Gasteiger partial charge in [0.15, 0.2) is 0 Å².